The van der Waals surface area contributed by atoms with Crippen LogP contribution < -0.4 is 5.73 Å². The molecular formula is C14H26N2O. The van der Waals surface area contributed by atoms with E-state index in [1.807, 2.05) is 0 Å². The molecule has 0 aromatic carbocycles. The largest absolute Gasteiger partial charge is 0.342 e. The molecule has 0 radical (unpaired) electrons. The van der Waals surface area contributed by atoms with Gasteiger partial charge in [-0.3, -0.25) is 4.79 Å². The Labute approximate surface area is 105 Å². The fourth-order valence-electron chi connectivity index (χ4n) is 2.94. The van der Waals surface area contributed by atoms with E-state index < -0.39 is 0 Å². The van der Waals surface area contributed by atoms with Crippen molar-refractivity contribution in [3.05, 3.63) is 0 Å². The molecule has 3 heteroatoms. The van der Waals surface area contributed by atoms with Gasteiger partial charge >= 0.3 is 0 Å². The highest BCUT2D eigenvalue weighted by molar-refractivity contribution is 5.85. The summed E-state index contributed by atoms with van der Waals surface area (Å²) in [5, 5.41) is 0. The molecule has 1 heterocycles. The maximum Gasteiger partial charge on any atom is 0.230 e. The van der Waals surface area contributed by atoms with Gasteiger partial charge in [0, 0.05) is 19.6 Å². The van der Waals surface area contributed by atoms with Gasteiger partial charge in [-0.25, -0.2) is 0 Å². The van der Waals surface area contributed by atoms with Crippen LogP contribution in [0.15, 0.2) is 0 Å². The Morgan fingerprint density at radius 3 is 2.18 bits per heavy atom. The maximum atomic E-state index is 12.3. The minimum atomic E-state index is -0.158. The Morgan fingerprint density at radius 1 is 1.29 bits per heavy atom. The number of nitrogens with zero attached hydrogens (tertiary/aromatic N) is 1. The zero-order valence-electron chi connectivity index (χ0n) is 11.5. The van der Waals surface area contributed by atoms with Gasteiger partial charge in [0.25, 0.3) is 0 Å². The maximum absolute atomic E-state index is 12.3. The van der Waals surface area contributed by atoms with Crippen molar-refractivity contribution in [2.45, 2.75) is 46.5 Å². The Kier molecular flexibility index (Phi) is 3.23. The molecule has 0 aromatic rings. The second-order valence-electron chi connectivity index (χ2n) is 6.92. The standard InChI is InChI=1S/C14H26N2O/c1-13(2,3)11-4-8-16(9-5-11)12(17)14(10-15)6-7-14/h11H,4-10,15H2,1-3H3. The molecule has 1 saturated carbocycles. The van der Waals surface area contributed by atoms with Crippen molar-refractivity contribution < 1.29 is 4.79 Å². The van der Waals surface area contributed by atoms with Crippen LogP contribution in [-0.4, -0.2) is 30.4 Å². The predicted octanol–water partition coefficient (Wildman–Crippen LogP) is 2.01. The molecule has 1 aliphatic carbocycles. The van der Waals surface area contributed by atoms with Gasteiger partial charge in [-0.2, -0.15) is 0 Å². The molecular weight excluding hydrogens is 212 g/mol. The molecule has 3 nitrogen and oxygen atoms in total. The van der Waals surface area contributed by atoms with Crippen molar-refractivity contribution in [3.8, 4) is 0 Å². The number of amides is 1. The highest BCUT2D eigenvalue weighted by Crippen LogP contribution is 2.47. The van der Waals surface area contributed by atoms with Gasteiger partial charge in [-0.05, 0) is 37.0 Å². The number of likely N-dealkylation sites (tertiary alicyclic amines) is 1. The van der Waals surface area contributed by atoms with E-state index in [0.717, 1.165) is 44.7 Å². The van der Waals surface area contributed by atoms with Crippen molar-refractivity contribution in [1.29, 1.82) is 0 Å². The first-order valence-corrected chi connectivity index (χ1v) is 6.88. The van der Waals surface area contributed by atoms with E-state index in [4.69, 9.17) is 5.73 Å². The molecule has 98 valence electrons. The lowest BCUT2D eigenvalue weighted by Crippen LogP contribution is -2.46. The van der Waals surface area contributed by atoms with Gasteiger partial charge in [0.05, 0.1) is 5.41 Å². The summed E-state index contributed by atoms with van der Waals surface area (Å²) in [5.41, 5.74) is 5.94. The molecule has 0 bridgehead atoms. The van der Waals surface area contributed by atoms with Crippen molar-refractivity contribution in [2.75, 3.05) is 19.6 Å². The van der Waals surface area contributed by atoms with Gasteiger partial charge in [0.1, 0.15) is 0 Å². The Hall–Kier alpha value is -0.570. The molecule has 2 fully saturated rings. The predicted molar refractivity (Wildman–Crippen MR) is 69.5 cm³/mol. The monoisotopic (exact) mass is 238 g/mol. The summed E-state index contributed by atoms with van der Waals surface area (Å²) in [6, 6.07) is 0. The van der Waals surface area contributed by atoms with E-state index in [0.29, 0.717) is 17.9 Å². The molecule has 0 aromatic heterocycles. The smallest absolute Gasteiger partial charge is 0.230 e. The molecule has 0 unspecified atom stereocenters. The number of rotatable bonds is 2. The summed E-state index contributed by atoms with van der Waals surface area (Å²) in [6.07, 6.45) is 4.30. The third-order valence-electron chi connectivity index (χ3n) is 4.70. The zero-order chi connectivity index (χ0) is 12.7. The molecule has 0 spiro atoms. The molecule has 1 aliphatic heterocycles. The number of piperidine rings is 1. The average molecular weight is 238 g/mol. The number of hydrogen-bond donors (Lipinski definition) is 1. The van der Waals surface area contributed by atoms with Crippen LogP contribution in [-0.2, 0) is 4.79 Å². The molecule has 2 aliphatic rings. The van der Waals surface area contributed by atoms with E-state index >= 15 is 0 Å². The van der Waals surface area contributed by atoms with Crippen LogP contribution in [0.2, 0.25) is 0 Å². The normalized spacial score (nSPS) is 24.8. The van der Waals surface area contributed by atoms with Gasteiger partial charge in [0.15, 0.2) is 0 Å². The van der Waals surface area contributed by atoms with E-state index in [1.54, 1.807) is 0 Å². The molecule has 1 saturated heterocycles. The first-order chi connectivity index (χ1) is 7.89. The summed E-state index contributed by atoms with van der Waals surface area (Å²) < 4.78 is 0. The number of nitrogens with two attached hydrogens (primary N) is 1. The highest BCUT2D eigenvalue weighted by atomic mass is 16.2. The summed E-state index contributed by atoms with van der Waals surface area (Å²) in [5.74, 6) is 1.08. The van der Waals surface area contributed by atoms with Crippen LogP contribution in [0.4, 0.5) is 0 Å². The van der Waals surface area contributed by atoms with Crippen LogP contribution in [0, 0.1) is 16.7 Å². The highest BCUT2D eigenvalue weighted by Gasteiger charge is 2.50. The Balaban J connectivity index is 1.89. The lowest BCUT2D eigenvalue weighted by atomic mass is 9.75. The molecule has 17 heavy (non-hydrogen) atoms. The minimum absolute atomic E-state index is 0.158. The molecule has 1 amide bonds. The van der Waals surface area contributed by atoms with Gasteiger partial charge < -0.3 is 10.6 Å². The summed E-state index contributed by atoms with van der Waals surface area (Å²) in [4.78, 5) is 14.4. The van der Waals surface area contributed by atoms with Crippen LogP contribution in [0.5, 0.6) is 0 Å². The molecule has 2 rings (SSSR count). The molecule has 0 atom stereocenters. The average Bonchev–Trinajstić information content (AvgIpc) is 3.08. The SMILES string of the molecule is CC(C)(C)C1CCN(C(=O)C2(CN)CC2)CC1. The Bertz CT molecular complexity index is 294. The third kappa shape index (κ3) is 2.49. The van der Waals surface area contributed by atoms with E-state index in [9.17, 15) is 4.79 Å². The fourth-order valence-corrected chi connectivity index (χ4v) is 2.94. The summed E-state index contributed by atoms with van der Waals surface area (Å²) in [6.45, 7) is 9.31. The molecule has 2 N–H and O–H groups in total. The van der Waals surface area contributed by atoms with E-state index in [-0.39, 0.29) is 5.41 Å². The Morgan fingerprint density at radius 2 is 1.82 bits per heavy atom. The summed E-state index contributed by atoms with van der Waals surface area (Å²) in [7, 11) is 0. The summed E-state index contributed by atoms with van der Waals surface area (Å²) >= 11 is 0. The second-order valence-corrected chi connectivity index (χ2v) is 6.92. The van der Waals surface area contributed by atoms with Gasteiger partial charge in [-0.1, -0.05) is 20.8 Å². The van der Waals surface area contributed by atoms with E-state index in [2.05, 4.69) is 25.7 Å². The van der Waals surface area contributed by atoms with Crippen molar-refractivity contribution in [2.24, 2.45) is 22.5 Å². The van der Waals surface area contributed by atoms with Crippen molar-refractivity contribution >= 4 is 5.91 Å². The second kappa shape index (κ2) is 4.27. The van der Waals surface area contributed by atoms with Crippen LogP contribution in [0.3, 0.4) is 0 Å². The minimum Gasteiger partial charge on any atom is -0.342 e. The topological polar surface area (TPSA) is 46.3 Å². The van der Waals surface area contributed by atoms with Crippen LogP contribution >= 0.6 is 0 Å². The van der Waals surface area contributed by atoms with Gasteiger partial charge in [0.2, 0.25) is 5.91 Å². The number of carbonyl (C=O) groups excluding carboxylic acids is 1. The van der Waals surface area contributed by atoms with Crippen LogP contribution in [0.1, 0.15) is 46.5 Å². The van der Waals surface area contributed by atoms with E-state index in [1.165, 1.54) is 0 Å². The van der Waals surface area contributed by atoms with Gasteiger partial charge in [-0.15, -0.1) is 0 Å². The van der Waals surface area contributed by atoms with Crippen molar-refractivity contribution in [1.82, 2.24) is 4.90 Å². The zero-order valence-corrected chi connectivity index (χ0v) is 11.5. The first-order valence-electron chi connectivity index (χ1n) is 6.88. The third-order valence-corrected chi connectivity index (χ3v) is 4.70. The lowest BCUT2D eigenvalue weighted by molar-refractivity contribution is -0.138. The number of carbonyl (C=O) groups is 1. The number of hydrogen-bond acceptors (Lipinski definition) is 2. The van der Waals surface area contributed by atoms with Crippen molar-refractivity contribution in [3.63, 3.8) is 0 Å². The first kappa shape index (κ1) is 12.9. The fraction of sp³-hybridized carbons (Fsp3) is 0.929. The quantitative estimate of drug-likeness (QED) is 0.800. The lowest BCUT2D eigenvalue weighted by Gasteiger charge is -2.39. The van der Waals surface area contributed by atoms with Crippen LogP contribution in [0.25, 0.3) is 0 Å².